The lowest BCUT2D eigenvalue weighted by molar-refractivity contribution is 0.304. The molecule has 0 spiro atoms. The van der Waals surface area contributed by atoms with E-state index in [4.69, 9.17) is 4.74 Å². The van der Waals surface area contributed by atoms with Crippen LogP contribution in [0.1, 0.15) is 31.4 Å². The van der Waals surface area contributed by atoms with Crippen LogP contribution in [0.4, 0.5) is 0 Å². The summed E-state index contributed by atoms with van der Waals surface area (Å²) < 4.78 is 5.76. The van der Waals surface area contributed by atoms with Gasteiger partial charge >= 0.3 is 0 Å². The molecule has 0 radical (unpaired) electrons. The molecular formula is C14H23NO. The first-order valence-electron chi connectivity index (χ1n) is 6.03. The zero-order chi connectivity index (χ0) is 12.0. The molecule has 0 aliphatic heterocycles. The van der Waals surface area contributed by atoms with Gasteiger partial charge in [0, 0.05) is 6.04 Å². The monoisotopic (exact) mass is 221 g/mol. The van der Waals surface area contributed by atoms with Gasteiger partial charge < -0.3 is 10.1 Å². The van der Waals surface area contributed by atoms with E-state index in [2.05, 4.69) is 51.2 Å². The molecule has 0 unspecified atom stereocenters. The zero-order valence-corrected chi connectivity index (χ0v) is 10.8. The predicted molar refractivity (Wildman–Crippen MR) is 69.2 cm³/mol. The molecule has 1 rings (SSSR count). The Bertz CT molecular complexity index is 321. The van der Waals surface area contributed by atoms with E-state index in [9.17, 15) is 0 Å². The molecule has 0 aliphatic rings. The molecule has 1 aromatic rings. The highest BCUT2D eigenvalue weighted by Gasteiger charge is 1.99. The average Bonchev–Trinajstić information content (AvgIpc) is 2.22. The van der Waals surface area contributed by atoms with Crippen molar-refractivity contribution in [2.45, 2.75) is 40.2 Å². The number of ether oxygens (including phenoxy) is 1. The minimum Gasteiger partial charge on any atom is -0.493 e. The van der Waals surface area contributed by atoms with Crippen LogP contribution in [0.25, 0.3) is 0 Å². The van der Waals surface area contributed by atoms with Crippen molar-refractivity contribution in [1.29, 1.82) is 0 Å². The summed E-state index contributed by atoms with van der Waals surface area (Å²) in [5.74, 6) is 1.02. The van der Waals surface area contributed by atoms with Crippen LogP contribution in [0, 0.1) is 13.8 Å². The van der Waals surface area contributed by atoms with Crippen LogP contribution in [-0.4, -0.2) is 19.2 Å². The molecule has 0 saturated carbocycles. The van der Waals surface area contributed by atoms with Gasteiger partial charge in [-0.3, -0.25) is 0 Å². The summed E-state index contributed by atoms with van der Waals surface area (Å²) in [6.45, 7) is 10.3. The summed E-state index contributed by atoms with van der Waals surface area (Å²) >= 11 is 0. The van der Waals surface area contributed by atoms with Gasteiger partial charge in [0.05, 0.1) is 6.61 Å². The van der Waals surface area contributed by atoms with E-state index in [1.54, 1.807) is 0 Å². The first-order valence-corrected chi connectivity index (χ1v) is 6.03. The Balaban J connectivity index is 2.29. The van der Waals surface area contributed by atoms with Gasteiger partial charge in [0.2, 0.25) is 0 Å². The van der Waals surface area contributed by atoms with Crippen molar-refractivity contribution in [2.75, 3.05) is 13.2 Å². The summed E-state index contributed by atoms with van der Waals surface area (Å²) in [5.41, 5.74) is 2.46. The number of aryl methyl sites for hydroxylation is 2. The van der Waals surface area contributed by atoms with Crippen LogP contribution in [0.3, 0.4) is 0 Å². The van der Waals surface area contributed by atoms with Crippen molar-refractivity contribution in [2.24, 2.45) is 0 Å². The molecule has 90 valence electrons. The van der Waals surface area contributed by atoms with E-state index in [1.807, 2.05) is 0 Å². The third kappa shape index (κ3) is 4.67. The molecule has 0 amide bonds. The molecule has 16 heavy (non-hydrogen) atoms. The van der Waals surface area contributed by atoms with E-state index >= 15 is 0 Å². The van der Waals surface area contributed by atoms with Crippen molar-refractivity contribution in [3.8, 4) is 5.75 Å². The summed E-state index contributed by atoms with van der Waals surface area (Å²) in [6, 6.07) is 6.88. The lowest BCUT2D eigenvalue weighted by atomic mass is 10.1. The highest BCUT2D eigenvalue weighted by molar-refractivity contribution is 5.35. The fraction of sp³-hybridized carbons (Fsp3) is 0.571. The van der Waals surface area contributed by atoms with Gasteiger partial charge in [0.1, 0.15) is 5.75 Å². The topological polar surface area (TPSA) is 21.3 Å². The van der Waals surface area contributed by atoms with E-state index in [0.717, 1.165) is 25.3 Å². The Morgan fingerprint density at radius 3 is 2.69 bits per heavy atom. The van der Waals surface area contributed by atoms with Gasteiger partial charge in [0.25, 0.3) is 0 Å². The van der Waals surface area contributed by atoms with Crippen LogP contribution >= 0.6 is 0 Å². The maximum absolute atomic E-state index is 5.76. The van der Waals surface area contributed by atoms with Crippen LogP contribution < -0.4 is 10.1 Å². The molecule has 1 aromatic carbocycles. The first-order chi connectivity index (χ1) is 7.59. The maximum atomic E-state index is 5.76. The number of nitrogens with one attached hydrogen (secondary N) is 1. The lowest BCUT2D eigenvalue weighted by Gasteiger charge is -2.11. The van der Waals surface area contributed by atoms with Crippen molar-refractivity contribution in [3.63, 3.8) is 0 Å². The molecule has 2 heteroatoms. The Hall–Kier alpha value is -1.02. The fourth-order valence-electron chi connectivity index (χ4n) is 1.51. The van der Waals surface area contributed by atoms with Gasteiger partial charge in [0.15, 0.2) is 0 Å². The molecule has 2 nitrogen and oxygen atoms in total. The molecule has 0 aromatic heterocycles. The van der Waals surface area contributed by atoms with Gasteiger partial charge in [-0.25, -0.2) is 0 Å². The van der Waals surface area contributed by atoms with Gasteiger partial charge in [-0.2, -0.15) is 0 Å². The van der Waals surface area contributed by atoms with Gasteiger partial charge in [-0.1, -0.05) is 26.0 Å². The number of rotatable bonds is 6. The molecular weight excluding hydrogens is 198 g/mol. The third-order valence-corrected chi connectivity index (χ3v) is 2.47. The molecule has 0 bridgehead atoms. The largest absolute Gasteiger partial charge is 0.493 e. The SMILES string of the molecule is Cc1ccc(C)c(OCCCNC(C)C)c1. The van der Waals surface area contributed by atoms with Crippen LogP contribution in [0.5, 0.6) is 5.75 Å². The number of hydrogen-bond acceptors (Lipinski definition) is 2. The summed E-state index contributed by atoms with van der Waals surface area (Å²) in [5, 5.41) is 3.38. The van der Waals surface area contributed by atoms with Gasteiger partial charge in [-0.05, 0) is 44.0 Å². The molecule has 0 atom stereocenters. The maximum Gasteiger partial charge on any atom is 0.122 e. The summed E-state index contributed by atoms with van der Waals surface area (Å²) in [6.07, 6.45) is 1.05. The van der Waals surface area contributed by atoms with E-state index in [-0.39, 0.29) is 0 Å². The highest BCUT2D eigenvalue weighted by atomic mass is 16.5. The summed E-state index contributed by atoms with van der Waals surface area (Å²) in [7, 11) is 0. The second-order valence-electron chi connectivity index (χ2n) is 4.58. The average molecular weight is 221 g/mol. The molecule has 0 heterocycles. The lowest BCUT2D eigenvalue weighted by Crippen LogP contribution is -2.24. The standard InChI is InChI=1S/C14H23NO/c1-11(2)15-8-5-9-16-14-10-12(3)6-7-13(14)4/h6-7,10-11,15H,5,8-9H2,1-4H3. The van der Waals surface area contributed by atoms with Crippen molar-refractivity contribution in [1.82, 2.24) is 5.32 Å². The first kappa shape index (κ1) is 13.0. The molecule has 0 aliphatic carbocycles. The molecule has 0 saturated heterocycles. The van der Waals surface area contributed by atoms with Crippen LogP contribution in [0.2, 0.25) is 0 Å². The smallest absolute Gasteiger partial charge is 0.122 e. The summed E-state index contributed by atoms with van der Waals surface area (Å²) in [4.78, 5) is 0. The van der Waals surface area contributed by atoms with Gasteiger partial charge in [-0.15, -0.1) is 0 Å². The van der Waals surface area contributed by atoms with Crippen LogP contribution in [-0.2, 0) is 0 Å². The second kappa shape index (κ2) is 6.54. The van der Waals surface area contributed by atoms with Crippen LogP contribution in [0.15, 0.2) is 18.2 Å². The van der Waals surface area contributed by atoms with E-state index < -0.39 is 0 Å². The second-order valence-corrected chi connectivity index (χ2v) is 4.58. The van der Waals surface area contributed by atoms with Crippen molar-refractivity contribution in [3.05, 3.63) is 29.3 Å². The van der Waals surface area contributed by atoms with Crippen molar-refractivity contribution >= 4 is 0 Å². The predicted octanol–water partition coefficient (Wildman–Crippen LogP) is 3.07. The minimum atomic E-state index is 0.556. The minimum absolute atomic E-state index is 0.556. The zero-order valence-electron chi connectivity index (χ0n) is 10.8. The number of benzene rings is 1. The normalized spacial score (nSPS) is 10.8. The molecule has 0 fully saturated rings. The number of hydrogen-bond donors (Lipinski definition) is 1. The Labute approximate surface area is 99.0 Å². The quantitative estimate of drug-likeness (QED) is 0.745. The van der Waals surface area contributed by atoms with E-state index in [0.29, 0.717) is 6.04 Å². The fourth-order valence-corrected chi connectivity index (χ4v) is 1.51. The van der Waals surface area contributed by atoms with E-state index in [1.165, 1.54) is 11.1 Å². The highest BCUT2D eigenvalue weighted by Crippen LogP contribution is 2.18. The Kier molecular flexibility index (Phi) is 5.33. The third-order valence-electron chi connectivity index (χ3n) is 2.47. The Morgan fingerprint density at radius 2 is 2.00 bits per heavy atom. The van der Waals surface area contributed by atoms with Crippen molar-refractivity contribution < 1.29 is 4.74 Å². The Morgan fingerprint density at radius 1 is 1.25 bits per heavy atom. The molecule has 1 N–H and O–H groups in total.